The van der Waals surface area contributed by atoms with Gasteiger partial charge in [-0.2, -0.15) is 0 Å². The third-order valence-corrected chi connectivity index (χ3v) is 5.75. The first kappa shape index (κ1) is 20.6. The number of hydrogen-bond acceptors (Lipinski definition) is 4. The summed E-state index contributed by atoms with van der Waals surface area (Å²) in [4.78, 5) is 28.3. The summed E-state index contributed by atoms with van der Waals surface area (Å²) < 4.78 is 2.86. The van der Waals surface area contributed by atoms with Crippen molar-refractivity contribution in [2.75, 3.05) is 13.1 Å². The first-order valence-electron chi connectivity index (χ1n) is 10.6. The monoisotopic (exact) mass is 407 g/mol. The van der Waals surface area contributed by atoms with Crippen LogP contribution in [0.5, 0.6) is 0 Å². The van der Waals surface area contributed by atoms with E-state index in [4.69, 9.17) is 0 Å². The van der Waals surface area contributed by atoms with E-state index >= 15 is 0 Å². The molecule has 0 radical (unpaired) electrons. The minimum atomic E-state index is -0.797. The molecule has 6 nitrogen and oxygen atoms in total. The lowest BCUT2D eigenvalue weighted by atomic mass is 10.00. The van der Waals surface area contributed by atoms with Gasteiger partial charge >= 0.3 is 5.69 Å². The van der Waals surface area contributed by atoms with Crippen LogP contribution in [0.3, 0.4) is 0 Å². The summed E-state index contributed by atoms with van der Waals surface area (Å²) in [6, 6.07) is 15.6. The highest BCUT2D eigenvalue weighted by atomic mass is 16.3. The fraction of sp³-hybridized carbons (Fsp3) is 0.417. The molecule has 2 heterocycles. The first-order chi connectivity index (χ1) is 14.4. The fourth-order valence-electron chi connectivity index (χ4n) is 4.35. The van der Waals surface area contributed by atoms with E-state index in [9.17, 15) is 14.7 Å². The zero-order valence-electron chi connectivity index (χ0n) is 17.6. The summed E-state index contributed by atoms with van der Waals surface area (Å²) in [5, 5.41) is 11.3. The third kappa shape index (κ3) is 4.11. The van der Waals surface area contributed by atoms with Gasteiger partial charge in [0.25, 0.3) is 5.56 Å². The molecule has 1 N–H and O–H groups in total. The number of aliphatic hydroxyl groups is 1. The van der Waals surface area contributed by atoms with Crippen molar-refractivity contribution in [2.45, 2.75) is 46.0 Å². The van der Waals surface area contributed by atoms with Crippen molar-refractivity contribution in [3.63, 3.8) is 0 Å². The SMILES string of the molecule is CC(C)Cn1c(=O)n(CC(O)CN2CCc3ccccc3C2)c(=O)c2ccccc21. The molecular formula is C24H29N3O3. The van der Waals surface area contributed by atoms with Crippen LogP contribution in [-0.4, -0.2) is 38.3 Å². The van der Waals surface area contributed by atoms with E-state index in [0.29, 0.717) is 24.0 Å². The van der Waals surface area contributed by atoms with Gasteiger partial charge in [0, 0.05) is 26.2 Å². The Labute approximate surface area is 176 Å². The number of nitrogens with zero attached hydrogens (tertiary/aromatic N) is 3. The van der Waals surface area contributed by atoms with Crippen LogP contribution in [0.1, 0.15) is 25.0 Å². The van der Waals surface area contributed by atoms with Crippen molar-refractivity contribution in [3.05, 3.63) is 80.5 Å². The van der Waals surface area contributed by atoms with Crippen molar-refractivity contribution in [1.82, 2.24) is 14.0 Å². The van der Waals surface area contributed by atoms with E-state index in [0.717, 1.165) is 19.5 Å². The Kier molecular flexibility index (Phi) is 5.88. The molecule has 1 aromatic heterocycles. The predicted octanol–water partition coefficient (Wildman–Crippen LogP) is 2.24. The lowest BCUT2D eigenvalue weighted by molar-refractivity contribution is 0.0896. The van der Waals surface area contributed by atoms with Gasteiger partial charge in [0.1, 0.15) is 0 Å². The number of β-amino-alcohol motifs (C(OH)–C–C–N with tert-alkyl or cyclic N) is 1. The van der Waals surface area contributed by atoms with Crippen LogP contribution in [-0.2, 0) is 26.1 Å². The minimum Gasteiger partial charge on any atom is -0.390 e. The molecule has 0 amide bonds. The van der Waals surface area contributed by atoms with E-state index in [-0.39, 0.29) is 23.7 Å². The Hall–Kier alpha value is -2.70. The molecule has 1 aliphatic heterocycles. The quantitative estimate of drug-likeness (QED) is 0.681. The van der Waals surface area contributed by atoms with E-state index in [1.165, 1.54) is 15.7 Å². The molecule has 1 aliphatic rings. The summed E-state index contributed by atoms with van der Waals surface area (Å²) in [5.74, 6) is 0.260. The molecular weight excluding hydrogens is 378 g/mol. The summed E-state index contributed by atoms with van der Waals surface area (Å²) in [5.41, 5.74) is 2.59. The Morgan fingerprint density at radius 2 is 1.60 bits per heavy atom. The number of aromatic nitrogens is 2. The second-order valence-corrected chi connectivity index (χ2v) is 8.63. The van der Waals surface area contributed by atoms with Crippen molar-refractivity contribution >= 4 is 10.9 Å². The number of para-hydroxylation sites is 1. The van der Waals surface area contributed by atoms with Crippen LogP contribution in [0.2, 0.25) is 0 Å². The predicted molar refractivity (Wildman–Crippen MR) is 119 cm³/mol. The largest absolute Gasteiger partial charge is 0.390 e. The van der Waals surface area contributed by atoms with E-state index in [1.54, 1.807) is 16.7 Å². The van der Waals surface area contributed by atoms with Crippen LogP contribution < -0.4 is 11.2 Å². The van der Waals surface area contributed by atoms with Crippen molar-refractivity contribution in [1.29, 1.82) is 0 Å². The minimum absolute atomic E-state index is 0.00125. The Morgan fingerprint density at radius 3 is 2.37 bits per heavy atom. The lowest BCUT2D eigenvalue weighted by Crippen LogP contribution is -2.45. The number of benzene rings is 2. The highest BCUT2D eigenvalue weighted by molar-refractivity contribution is 5.77. The summed E-state index contributed by atoms with van der Waals surface area (Å²) in [6.07, 6.45) is 0.148. The van der Waals surface area contributed by atoms with Crippen molar-refractivity contribution < 1.29 is 5.11 Å². The van der Waals surface area contributed by atoms with E-state index in [2.05, 4.69) is 23.1 Å². The number of hydrogen-bond donors (Lipinski definition) is 1. The molecule has 3 aromatic rings. The lowest BCUT2D eigenvalue weighted by Gasteiger charge is -2.30. The zero-order chi connectivity index (χ0) is 21.3. The molecule has 1 unspecified atom stereocenters. The second-order valence-electron chi connectivity index (χ2n) is 8.63. The van der Waals surface area contributed by atoms with Gasteiger partial charge in [-0.25, -0.2) is 4.79 Å². The van der Waals surface area contributed by atoms with Gasteiger partial charge in [-0.05, 0) is 35.6 Å². The molecule has 1 atom stereocenters. The van der Waals surface area contributed by atoms with Gasteiger partial charge in [0.05, 0.1) is 23.6 Å². The molecule has 0 aliphatic carbocycles. The van der Waals surface area contributed by atoms with Crippen molar-refractivity contribution in [2.24, 2.45) is 5.92 Å². The van der Waals surface area contributed by atoms with E-state index in [1.807, 2.05) is 32.0 Å². The third-order valence-electron chi connectivity index (χ3n) is 5.75. The zero-order valence-corrected chi connectivity index (χ0v) is 17.6. The van der Waals surface area contributed by atoms with Crippen molar-refractivity contribution in [3.8, 4) is 0 Å². The molecule has 0 saturated carbocycles. The highest BCUT2D eigenvalue weighted by Crippen LogP contribution is 2.18. The average molecular weight is 408 g/mol. The summed E-state index contributed by atoms with van der Waals surface area (Å²) in [6.45, 7) is 6.67. The Balaban J connectivity index is 1.59. The standard InChI is InChI=1S/C24H29N3O3/c1-17(2)13-26-22-10-6-5-9-21(22)23(29)27(24(26)30)16-20(28)15-25-12-11-18-7-3-4-8-19(18)14-25/h3-10,17,20,28H,11-16H2,1-2H3. The highest BCUT2D eigenvalue weighted by Gasteiger charge is 2.21. The Bertz CT molecular complexity index is 1160. The summed E-state index contributed by atoms with van der Waals surface area (Å²) >= 11 is 0. The summed E-state index contributed by atoms with van der Waals surface area (Å²) in [7, 11) is 0. The van der Waals surface area contributed by atoms with Gasteiger partial charge in [-0.1, -0.05) is 50.2 Å². The van der Waals surface area contributed by atoms with Gasteiger partial charge in [-0.15, -0.1) is 0 Å². The number of rotatable bonds is 6. The Morgan fingerprint density at radius 1 is 0.900 bits per heavy atom. The smallest absolute Gasteiger partial charge is 0.331 e. The van der Waals surface area contributed by atoms with Gasteiger partial charge in [-0.3, -0.25) is 18.8 Å². The topological polar surface area (TPSA) is 67.5 Å². The maximum Gasteiger partial charge on any atom is 0.331 e. The molecule has 0 saturated heterocycles. The van der Waals surface area contributed by atoms with Crippen LogP contribution in [0.4, 0.5) is 0 Å². The van der Waals surface area contributed by atoms with Crippen LogP contribution in [0, 0.1) is 5.92 Å². The maximum atomic E-state index is 13.1. The van der Waals surface area contributed by atoms with Gasteiger partial charge < -0.3 is 5.11 Å². The molecule has 4 rings (SSSR count). The molecule has 6 heteroatoms. The normalized spacial score (nSPS) is 15.5. The fourth-order valence-corrected chi connectivity index (χ4v) is 4.35. The van der Waals surface area contributed by atoms with Crippen LogP contribution >= 0.6 is 0 Å². The molecule has 0 spiro atoms. The van der Waals surface area contributed by atoms with Crippen LogP contribution in [0.25, 0.3) is 10.9 Å². The average Bonchev–Trinajstić information content (AvgIpc) is 2.74. The number of aliphatic hydroxyl groups excluding tert-OH is 1. The molecule has 2 aromatic carbocycles. The van der Waals surface area contributed by atoms with Crippen LogP contribution in [0.15, 0.2) is 58.1 Å². The van der Waals surface area contributed by atoms with Gasteiger partial charge in [0.2, 0.25) is 0 Å². The molecule has 30 heavy (non-hydrogen) atoms. The molecule has 158 valence electrons. The second kappa shape index (κ2) is 8.58. The van der Waals surface area contributed by atoms with E-state index < -0.39 is 6.10 Å². The first-order valence-corrected chi connectivity index (χ1v) is 10.6. The molecule has 0 fully saturated rings. The number of fused-ring (bicyclic) bond motifs is 2. The van der Waals surface area contributed by atoms with Gasteiger partial charge in [0.15, 0.2) is 0 Å². The molecule has 0 bridgehead atoms. The maximum absolute atomic E-state index is 13.1.